The van der Waals surface area contributed by atoms with Crippen LogP contribution in [0.2, 0.25) is 0 Å². The van der Waals surface area contributed by atoms with Crippen LogP contribution >= 0.6 is 46.9 Å². The molecule has 3 saturated carbocycles. The van der Waals surface area contributed by atoms with Crippen molar-refractivity contribution in [2.45, 2.75) is 161 Å². The maximum atomic E-state index is 12.3. The number of hydrogen-bond acceptors (Lipinski definition) is 31. The van der Waals surface area contributed by atoms with Gasteiger partial charge in [-0.1, -0.05) is 46.9 Å². The van der Waals surface area contributed by atoms with Gasteiger partial charge in [-0.05, 0) is 99.5 Å². The van der Waals surface area contributed by atoms with Gasteiger partial charge >= 0.3 is 30.1 Å². The molecular formula is C49H70ClF3N16O20S6. The highest BCUT2D eigenvalue weighted by Crippen LogP contribution is 2.39. The van der Waals surface area contributed by atoms with Crippen LogP contribution in [0.25, 0.3) is 0 Å². The molecule has 6 atom stereocenters. The molecule has 3 aliphatic carbocycles. The molecule has 95 heavy (non-hydrogen) atoms. The van der Waals surface area contributed by atoms with Crippen LogP contribution in [0.15, 0.2) is 41.0 Å². The number of alkyl halides is 3. The maximum absolute atomic E-state index is 12.3. The van der Waals surface area contributed by atoms with Crippen molar-refractivity contribution in [2.75, 3.05) is 33.7 Å². The average Bonchev–Trinajstić information content (AvgIpc) is 1.62. The largest absolute Gasteiger partial charge is 0.480 e. The summed E-state index contributed by atoms with van der Waals surface area (Å²) < 4.78 is 113. The topological polar surface area (TPSA) is 547 Å². The van der Waals surface area contributed by atoms with E-state index >= 15 is 0 Å². The van der Waals surface area contributed by atoms with E-state index in [0.717, 1.165) is 63.9 Å². The summed E-state index contributed by atoms with van der Waals surface area (Å²) in [7, 11) is -6.74. The molecule has 6 heterocycles. The molecule has 0 bridgehead atoms. The van der Waals surface area contributed by atoms with Crippen molar-refractivity contribution < 1.29 is 106 Å². The van der Waals surface area contributed by atoms with Gasteiger partial charge in [0.25, 0.3) is 29.5 Å². The first-order chi connectivity index (χ1) is 43.4. The Morgan fingerprint density at radius 2 is 0.895 bits per heavy atom. The van der Waals surface area contributed by atoms with Gasteiger partial charge in [0.05, 0.1) is 15.7 Å². The Kier molecular flexibility index (Phi) is 26.8. The number of hydrogen-bond donors (Lipinski definition) is 8. The van der Waals surface area contributed by atoms with Gasteiger partial charge in [-0.3, -0.25) is 73.2 Å². The number of primary amides is 3. The zero-order valence-electron chi connectivity index (χ0n) is 52.1. The Balaban J connectivity index is 0.000000264. The Morgan fingerprint density at radius 3 is 1.11 bits per heavy atom. The SMILES string of the molecule is CC(C)(C)OC(=O)CN1N=C(C(N)=O)C2N=C(C(=O)NS(=O)(=O)C3CC3)SC21.CC(C)(C)OC(=O)CN1N=C(C(N)=O)C2N=C(C(=O)O)SC21.CC(C)=C(Cl)N(C)C.NC(=O)C1=NN(CC(=O)O)C2SC(C(=O)NS(=O)(=O)C3CC3)=NC12.NS(=O)(=O)C1CC1.O=CC(F)(F)F. The number of aliphatic imine (C=N–C) groups is 3. The number of carbonyl (C=O) groups excluding carboxylic acids is 8. The molecule has 5 amide bonds. The van der Waals surface area contributed by atoms with Gasteiger partial charge in [-0.25, -0.2) is 44.6 Å². The number of primary sulfonamides is 1. The minimum absolute atomic E-state index is 0.0580. The number of nitrogens with one attached hydrogen (secondary N) is 2. The smallest absolute Gasteiger partial charge is 0.446 e. The summed E-state index contributed by atoms with van der Waals surface area (Å²) in [6.45, 7) is 13.3. The van der Waals surface area contributed by atoms with E-state index in [1.807, 2.05) is 42.3 Å². The van der Waals surface area contributed by atoms with E-state index in [9.17, 15) is 81.6 Å². The number of thioether (sulfide) groups is 3. The molecule has 6 aliphatic heterocycles. The number of amides is 5. The number of nitrogens with zero attached hydrogens (tertiary/aromatic N) is 10. The summed E-state index contributed by atoms with van der Waals surface area (Å²) in [4.78, 5) is 127. The lowest BCUT2D eigenvalue weighted by molar-refractivity contribution is -0.157. The average molecular weight is 1490 g/mol. The van der Waals surface area contributed by atoms with Crippen LogP contribution in [0.1, 0.15) is 93.9 Å². The molecular weight excluding hydrogens is 1420 g/mol. The number of carbonyl (C=O) groups is 10. The van der Waals surface area contributed by atoms with Gasteiger partial charge < -0.3 is 41.8 Å². The fourth-order valence-electron chi connectivity index (χ4n) is 7.78. The Hall–Kier alpha value is -7.20. The van der Waals surface area contributed by atoms with Crippen LogP contribution in [0, 0.1) is 0 Å². The van der Waals surface area contributed by atoms with Crippen molar-refractivity contribution >= 4 is 169 Å². The number of allylic oxidation sites excluding steroid dienone is 1. The Labute approximate surface area is 559 Å². The molecule has 3 fully saturated rings. The quantitative estimate of drug-likeness (QED) is 0.0428. The molecule has 0 radical (unpaired) electrons. The summed E-state index contributed by atoms with van der Waals surface area (Å²) in [6.07, 6.45) is -2.16. The first-order valence-corrected chi connectivity index (χ1v) is 35.3. The van der Waals surface area contributed by atoms with Crippen molar-refractivity contribution in [1.29, 1.82) is 0 Å². The number of aldehydes is 1. The number of nitrogens with two attached hydrogens (primary N) is 4. The third-order valence-corrected chi connectivity index (χ3v) is 21.6. The molecule has 46 heteroatoms. The van der Waals surface area contributed by atoms with Crippen molar-refractivity contribution in [3.63, 3.8) is 0 Å². The number of carboxylic acids is 2. The summed E-state index contributed by atoms with van der Waals surface area (Å²) in [5.74, 6) is -7.77. The van der Waals surface area contributed by atoms with Crippen LogP contribution in [0.5, 0.6) is 0 Å². The fourth-order valence-corrected chi connectivity index (χ4v) is 14.6. The third-order valence-electron chi connectivity index (χ3n) is 12.1. The lowest BCUT2D eigenvalue weighted by atomic mass is 10.2. The first-order valence-electron chi connectivity index (χ1n) is 27.6. The van der Waals surface area contributed by atoms with E-state index in [2.05, 4.69) is 30.3 Å². The van der Waals surface area contributed by atoms with Gasteiger partial charge in [0.1, 0.15) is 70.2 Å². The lowest BCUT2D eigenvalue weighted by Crippen LogP contribution is -2.39. The number of halogens is 4. The molecule has 530 valence electrons. The van der Waals surface area contributed by atoms with E-state index in [1.165, 1.54) is 10.0 Å². The van der Waals surface area contributed by atoms with Gasteiger partial charge in [-0.15, -0.1) is 0 Å². The minimum atomic E-state index is -4.64. The zero-order chi connectivity index (χ0) is 72.6. The number of hydrazone groups is 3. The predicted molar refractivity (Wildman–Crippen MR) is 341 cm³/mol. The number of carboxylic acid groups (broad SMARTS) is 2. The van der Waals surface area contributed by atoms with Gasteiger partial charge in [0.15, 0.2) is 32.3 Å². The Bertz CT molecular complexity index is 3660. The van der Waals surface area contributed by atoms with Crippen molar-refractivity contribution in [3.05, 3.63) is 10.7 Å². The van der Waals surface area contributed by atoms with Crippen molar-refractivity contribution in [3.8, 4) is 0 Å². The van der Waals surface area contributed by atoms with E-state index < -0.39 is 158 Å². The van der Waals surface area contributed by atoms with Gasteiger partial charge in [0.2, 0.25) is 36.4 Å². The molecule has 0 spiro atoms. The molecule has 0 aromatic heterocycles. The van der Waals surface area contributed by atoms with Crippen molar-refractivity contribution in [1.82, 2.24) is 29.4 Å². The van der Waals surface area contributed by atoms with E-state index in [0.29, 0.717) is 25.7 Å². The molecule has 9 aliphatic rings. The predicted octanol–water partition coefficient (Wildman–Crippen LogP) is -1.76. The van der Waals surface area contributed by atoms with Crippen LogP contribution in [-0.2, 0) is 87.5 Å². The molecule has 12 N–H and O–H groups in total. The van der Waals surface area contributed by atoms with Crippen LogP contribution in [0.3, 0.4) is 0 Å². The first kappa shape index (κ1) is 80.2. The summed E-state index contributed by atoms with van der Waals surface area (Å²) in [6, 6.07) is -2.55. The molecule has 36 nitrogen and oxygen atoms in total. The van der Waals surface area contributed by atoms with Crippen LogP contribution in [0.4, 0.5) is 13.2 Å². The van der Waals surface area contributed by atoms with E-state index in [4.69, 9.17) is 58.4 Å². The molecule has 0 saturated heterocycles. The molecule has 6 unspecified atom stereocenters. The summed E-state index contributed by atoms with van der Waals surface area (Å²) in [5.41, 5.74) is 15.2. The van der Waals surface area contributed by atoms with Gasteiger partial charge in [0, 0.05) is 14.1 Å². The van der Waals surface area contributed by atoms with E-state index in [1.54, 1.807) is 41.5 Å². The monoisotopic (exact) mass is 1490 g/mol. The number of ether oxygens (including phenoxy) is 2. The number of aliphatic carboxylic acids is 2. The van der Waals surface area contributed by atoms with E-state index in [-0.39, 0.29) is 50.6 Å². The van der Waals surface area contributed by atoms with Gasteiger partial charge in [-0.2, -0.15) is 28.5 Å². The van der Waals surface area contributed by atoms with Crippen LogP contribution < -0.4 is 31.8 Å². The highest BCUT2D eigenvalue weighted by molar-refractivity contribution is 8.17. The van der Waals surface area contributed by atoms with Crippen molar-refractivity contribution in [2.24, 2.45) is 52.6 Å². The number of sulfonamides is 3. The number of esters is 2. The zero-order valence-corrected chi connectivity index (χ0v) is 57.8. The Morgan fingerprint density at radius 1 is 0.600 bits per heavy atom. The highest BCUT2D eigenvalue weighted by atomic mass is 35.5. The third kappa shape index (κ3) is 24.8. The minimum Gasteiger partial charge on any atom is -0.480 e. The lowest BCUT2D eigenvalue weighted by Gasteiger charge is -2.24. The second-order valence-corrected chi connectivity index (χ2v) is 32.8. The number of rotatable bonds is 18. The molecule has 0 aromatic rings. The standard InChI is InChI=1S/C15H21N5O6S2.C12H16N4O5S.C11H13N5O6S2.C6H12ClN.C3H7NO2S.C2HF3O/c1-15(2,3)26-8(21)6-20-14-10(9(18-20)11(16)22)17-13(27-14)12(23)19-28(24,25)7-4-5-7;1-12(2,3)21-5(17)4-16-10-7(6(15-16)8(13)18)14-9(22-10)11(19)20;12-8(19)6-7-11(16(14-6)3-5(17)18)23-10(13-7)9(20)15-24(21,22)4-1-2-4;1-5(2)6(7)8(3)4;4-7(5,6)3-1-2-3;3-2(4,5)1-6/h7,10,14H,4-6H2,1-3H3,(H2,16,22)(H,19,23);7,10H,4H2,1-3H3,(H2,13,18)(H,19,20);4,7,11H,1-3H2,(H2,12,19)(H,15,20)(H,17,18);1-4H3;3H,1-2H2,(H2,4,5,6);1H. The normalized spacial score (nSPS) is 22.2. The fraction of sp³-hybridized carbons (Fsp3) is 0.633. The summed E-state index contributed by atoms with van der Waals surface area (Å²) >= 11 is 8.45. The highest BCUT2D eigenvalue weighted by Gasteiger charge is 2.51. The second-order valence-electron chi connectivity index (χ2n) is 23.4. The maximum Gasteiger partial charge on any atom is 0.446 e. The molecule has 9 rings (SSSR count). The second kappa shape index (κ2) is 31.8. The molecule has 0 aromatic carbocycles. The number of fused-ring (bicyclic) bond motifs is 3. The van der Waals surface area contributed by atoms with Crippen LogP contribution in [-0.4, -0.2) is 248 Å². The summed E-state index contributed by atoms with van der Waals surface area (Å²) in [5, 5.41) is 35.2.